The van der Waals surface area contributed by atoms with E-state index in [9.17, 15) is 14.9 Å². The average Bonchev–Trinajstić information content (AvgIpc) is 2.65. The quantitative estimate of drug-likeness (QED) is 0.572. The van der Waals surface area contributed by atoms with E-state index in [2.05, 4.69) is 16.5 Å². The van der Waals surface area contributed by atoms with E-state index in [1.807, 2.05) is 6.07 Å². The Morgan fingerprint density at radius 3 is 2.81 bits per heavy atom. The first-order valence-electron chi connectivity index (χ1n) is 7.96. The van der Waals surface area contributed by atoms with Crippen LogP contribution in [0.3, 0.4) is 0 Å². The molecule has 26 heavy (non-hydrogen) atoms. The van der Waals surface area contributed by atoms with Gasteiger partial charge in [0.25, 0.3) is 11.1 Å². The summed E-state index contributed by atoms with van der Waals surface area (Å²) in [6, 6.07) is 14.4. The van der Waals surface area contributed by atoms with Gasteiger partial charge in [-0.15, -0.1) is 0 Å². The van der Waals surface area contributed by atoms with Gasteiger partial charge in [-0.05, 0) is 29.3 Å². The minimum Gasteiger partial charge on any atom is -0.350 e. The molecule has 6 nitrogen and oxygen atoms in total. The number of hydrogen-bond donors (Lipinski definition) is 2. The number of aromatic nitrogens is 2. The number of fused-ring (bicyclic) bond motifs is 2. The zero-order chi connectivity index (χ0) is 18.3. The zero-order valence-electron chi connectivity index (χ0n) is 13.5. The van der Waals surface area contributed by atoms with Crippen LogP contribution in [0.1, 0.15) is 22.3 Å². The molecule has 1 aliphatic heterocycles. The molecule has 2 N–H and O–H groups in total. The van der Waals surface area contributed by atoms with Crippen LogP contribution in [-0.4, -0.2) is 9.78 Å². The van der Waals surface area contributed by atoms with Gasteiger partial charge in [0.2, 0.25) is 0 Å². The molecular weight excluding hydrogens is 352 g/mol. The van der Waals surface area contributed by atoms with Crippen LogP contribution in [0.2, 0.25) is 5.02 Å². The molecule has 2 heterocycles. The van der Waals surface area contributed by atoms with Crippen LogP contribution in [0, 0.1) is 11.3 Å². The summed E-state index contributed by atoms with van der Waals surface area (Å²) in [6.07, 6.45) is 0.345. The fraction of sp³-hybridized carbons (Fsp3) is 0.105. The number of benzene rings is 2. The van der Waals surface area contributed by atoms with Crippen LogP contribution >= 0.6 is 11.6 Å². The van der Waals surface area contributed by atoms with E-state index in [-0.39, 0.29) is 23.4 Å². The highest BCUT2D eigenvalue weighted by molar-refractivity contribution is 6.30. The molecule has 0 saturated heterocycles. The molecule has 0 radical (unpaired) electrons. The van der Waals surface area contributed by atoms with Gasteiger partial charge in [0, 0.05) is 17.1 Å². The molecule has 4 rings (SSSR count). The number of nitrogens with zero attached hydrogens (tertiary/aromatic N) is 2. The van der Waals surface area contributed by atoms with Crippen LogP contribution < -0.4 is 16.4 Å². The molecule has 0 fully saturated rings. The second-order valence-electron chi connectivity index (χ2n) is 6.06. The van der Waals surface area contributed by atoms with Gasteiger partial charge in [0.1, 0.15) is 5.69 Å². The second kappa shape index (κ2) is 6.21. The maximum absolute atomic E-state index is 12.9. The van der Waals surface area contributed by atoms with Crippen molar-refractivity contribution in [3.05, 3.63) is 90.4 Å². The van der Waals surface area contributed by atoms with Gasteiger partial charge in [0.05, 0.1) is 23.7 Å². The average molecular weight is 365 g/mol. The van der Waals surface area contributed by atoms with E-state index < -0.39 is 0 Å². The molecule has 0 saturated carbocycles. The van der Waals surface area contributed by atoms with E-state index in [0.29, 0.717) is 28.1 Å². The van der Waals surface area contributed by atoms with Crippen LogP contribution in [0.15, 0.2) is 52.1 Å². The van der Waals surface area contributed by atoms with Crippen molar-refractivity contribution in [2.45, 2.75) is 13.0 Å². The standard InChI is InChI=1S/C19H13ClN4O2/c20-14-6-5-11-7-15-17(22-16(11)8-14)18(25)23-24(19(15)26)10-13-4-2-1-3-12(13)9-21/h1-6,8,22H,7,10H2,(H,23,25). The predicted octanol–water partition coefficient (Wildman–Crippen LogP) is 2.76. The summed E-state index contributed by atoms with van der Waals surface area (Å²) in [5, 5.41) is 15.4. The number of halogens is 1. The summed E-state index contributed by atoms with van der Waals surface area (Å²) in [4.78, 5) is 25.4. The number of nitriles is 1. The lowest BCUT2D eigenvalue weighted by Crippen LogP contribution is -2.36. The Balaban J connectivity index is 1.80. The Hall–Kier alpha value is -3.30. The monoisotopic (exact) mass is 364 g/mol. The van der Waals surface area contributed by atoms with Crippen molar-refractivity contribution in [3.63, 3.8) is 0 Å². The van der Waals surface area contributed by atoms with Crippen molar-refractivity contribution < 1.29 is 0 Å². The highest BCUT2D eigenvalue weighted by atomic mass is 35.5. The zero-order valence-corrected chi connectivity index (χ0v) is 14.3. The number of nitrogens with one attached hydrogen (secondary N) is 2. The van der Waals surface area contributed by atoms with Crippen LogP contribution in [0.4, 0.5) is 11.4 Å². The lowest BCUT2D eigenvalue weighted by atomic mass is 9.99. The van der Waals surface area contributed by atoms with Gasteiger partial charge in [-0.3, -0.25) is 14.7 Å². The number of rotatable bonds is 2. The van der Waals surface area contributed by atoms with Crippen LogP contribution in [0.25, 0.3) is 0 Å². The van der Waals surface area contributed by atoms with Crippen LogP contribution in [-0.2, 0) is 13.0 Å². The van der Waals surface area contributed by atoms with E-state index in [4.69, 9.17) is 11.6 Å². The maximum Gasteiger partial charge on any atom is 0.286 e. The Kier molecular flexibility index (Phi) is 3.86. The molecule has 0 amide bonds. The van der Waals surface area contributed by atoms with E-state index >= 15 is 0 Å². The first kappa shape index (κ1) is 16.2. The summed E-state index contributed by atoms with van der Waals surface area (Å²) in [6.45, 7) is 0.124. The van der Waals surface area contributed by atoms with Crippen molar-refractivity contribution in [1.82, 2.24) is 9.78 Å². The van der Waals surface area contributed by atoms with E-state index in [1.165, 1.54) is 4.68 Å². The molecule has 2 aromatic carbocycles. The van der Waals surface area contributed by atoms with E-state index in [0.717, 1.165) is 11.3 Å². The first-order chi connectivity index (χ1) is 12.6. The molecule has 1 aromatic heterocycles. The van der Waals surface area contributed by atoms with Gasteiger partial charge >= 0.3 is 0 Å². The maximum atomic E-state index is 12.9. The third kappa shape index (κ3) is 2.68. The fourth-order valence-corrected chi connectivity index (χ4v) is 3.30. The van der Waals surface area contributed by atoms with Crippen molar-refractivity contribution in [3.8, 4) is 6.07 Å². The molecule has 1 aliphatic rings. The van der Waals surface area contributed by atoms with Gasteiger partial charge in [-0.25, -0.2) is 4.68 Å². The summed E-state index contributed by atoms with van der Waals surface area (Å²) < 4.78 is 1.25. The molecule has 3 aromatic rings. The Morgan fingerprint density at radius 1 is 1.19 bits per heavy atom. The van der Waals surface area contributed by atoms with Gasteiger partial charge in [0.15, 0.2) is 0 Å². The molecule has 0 unspecified atom stereocenters. The third-order valence-corrected chi connectivity index (χ3v) is 4.67. The van der Waals surface area contributed by atoms with Gasteiger partial charge in [-0.1, -0.05) is 35.9 Å². The largest absolute Gasteiger partial charge is 0.350 e. The highest BCUT2D eigenvalue weighted by Crippen LogP contribution is 2.30. The van der Waals surface area contributed by atoms with Gasteiger partial charge in [-0.2, -0.15) is 5.26 Å². The van der Waals surface area contributed by atoms with Crippen molar-refractivity contribution in [2.75, 3.05) is 5.32 Å². The number of anilines is 2. The molecule has 128 valence electrons. The molecule has 0 bridgehead atoms. The third-order valence-electron chi connectivity index (χ3n) is 4.43. The first-order valence-corrected chi connectivity index (χ1v) is 8.34. The Labute approximate surface area is 153 Å². The summed E-state index contributed by atoms with van der Waals surface area (Å²) in [5.74, 6) is 0. The number of hydrogen-bond acceptors (Lipinski definition) is 4. The van der Waals surface area contributed by atoms with Crippen molar-refractivity contribution >= 4 is 23.0 Å². The summed E-state index contributed by atoms with van der Waals surface area (Å²) in [7, 11) is 0. The predicted molar refractivity (Wildman–Crippen MR) is 99.1 cm³/mol. The smallest absolute Gasteiger partial charge is 0.286 e. The Bertz CT molecular complexity index is 1190. The van der Waals surface area contributed by atoms with Crippen molar-refractivity contribution in [2.24, 2.45) is 0 Å². The normalized spacial score (nSPS) is 11.8. The van der Waals surface area contributed by atoms with Gasteiger partial charge < -0.3 is 5.32 Å². The molecule has 0 spiro atoms. The minimum absolute atomic E-state index is 0.124. The summed E-state index contributed by atoms with van der Waals surface area (Å²) in [5.41, 5.74) is 2.73. The van der Waals surface area contributed by atoms with Crippen molar-refractivity contribution in [1.29, 1.82) is 5.26 Å². The lowest BCUT2D eigenvalue weighted by molar-refractivity contribution is 0.620. The Morgan fingerprint density at radius 2 is 2.00 bits per heavy atom. The minimum atomic E-state index is -0.389. The molecule has 7 heteroatoms. The molecule has 0 atom stereocenters. The fourth-order valence-electron chi connectivity index (χ4n) is 3.13. The topological polar surface area (TPSA) is 90.7 Å². The molecular formula is C19H13ClN4O2. The molecule has 0 aliphatic carbocycles. The lowest BCUT2D eigenvalue weighted by Gasteiger charge is -2.21. The van der Waals surface area contributed by atoms with Crippen LogP contribution in [0.5, 0.6) is 0 Å². The van der Waals surface area contributed by atoms with E-state index in [1.54, 1.807) is 36.4 Å². The number of H-pyrrole nitrogens is 1. The second-order valence-corrected chi connectivity index (χ2v) is 6.49. The summed E-state index contributed by atoms with van der Waals surface area (Å²) >= 11 is 6.00. The highest BCUT2D eigenvalue weighted by Gasteiger charge is 2.22. The SMILES string of the molecule is N#Cc1ccccc1Cn1[nH]c(=O)c2c(c1=O)Cc1ccc(Cl)cc1N2. The number of aromatic amines is 1.